The molecule has 1 heterocycles. The van der Waals surface area contributed by atoms with Gasteiger partial charge in [-0.15, -0.1) is 0 Å². The van der Waals surface area contributed by atoms with Crippen molar-refractivity contribution in [2.75, 3.05) is 44.9 Å². The standard InChI is InChI=1S/C15H29N5/c1-11(2)14-18-12(16-5)8-13(19-14)17-9-15(3,4)10-20(6)7/h8,11H,9-10H2,1-7H3,(H2,16,17,18,19). The maximum atomic E-state index is 4.59. The quantitative estimate of drug-likeness (QED) is 0.803. The zero-order valence-electron chi connectivity index (χ0n) is 13.9. The van der Waals surface area contributed by atoms with Gasteiger partial charge in [-0.25, -0.2) is 9.97 Å². The van der Waals surface area contributed by atoms with E-state index in [0.717, 1.165) is 30.5 Å². The Bertz CT molecular complexity index is 426. The van der Waals surface area contributed by atoms with Crippen molar-refractivity contribution in [2.45, 2.75) is 33.6 Å². The van der Waals surface area contributed by atoms with Crippen molar-refractivity contribution in [3.8, 4) is 0 Å². The summed E-state index contributed by atoms with van der Waals surface area (Å²) in [6, 6.07) is 1.96. The molecule has 0 saturated carbocycles. The molecule has 5 nitrogen and oxygen atoms in total. The van der Waals surface area contributed by atoms with Crippen LogP contribution in [0, 0.1) is 5.41 Å². The van der Waals surface area contributed by atoms with Crippen LogP contribution in [0.25, 0.3) is 0 Å². The molecule has 5 heteroatoms. The van der Waals surface area contributed by atoms with E-state index < -0.39 is 0 Å². The Morgan fingerprint density at radius 1 is 1.20 bits per heavy atom. The summed E-state index contributed by atoms with van der Waals surface area (Å²) in [4.78, 5) is 11.3. The molecule has 0 aromatic carbocycles. The summed E-state index contributed by atoms with van der Waals surface area (Å²) < 4.78 is 0. The molecule has 0 unspecified atom stereocenters. The summed E-state index contributed by atoms with van der Waals surface area (Å²) in [6.45, 7) is 10.6. The molecule has 0 spiro atoms. The van der Waals surface area contributed by atoms with Crippen molar-refractivity contribution in [1.82, 2.24) is 14.9 Å². The molecule has 1 rings (SSSR count). The molecule has 1 aromatic rings. The lowest BCUT2D eigenvalue weighted by molar-refractivity contribution is 0.254. The molecule has 114 valence electrons. The van der Waals surface area contributed by atoms with Crippen LogP contribution >= 0.6 is 0 Å². The zero-order valence-corrected chi connectivity index (χ0v) is 13.9. The molecule has 20 heavy (non-hydrogen) atoms. The Morgan fingerprint density at radius 3 is 2.30 bits per heavy atom. The average molecular weight is 279 g/mol. The molecular formula is C15H29N5. The van der Waals surface area contributed by atoms with Gasteiger partial charge < -0.3 is 15.5 Å². The fourth-order valence-electron chi connectivity index (χ4n) is 2.18. The maximum Gasteiger partial charge on any atom is 0.135 e. The highest BCUT2D eigenvalue weighted by molar-refractivity contribution is 5.47. The highest BCUT2D eigenvalue weighted by atomic mass is 15.1. The summed E-state index contributed by atoms with van der Waals surface area (Å²) in [6.07, 6.45) is 0. The van der Waals surface area contributed by atoms with E-state index in [2.05, 4.69) is 67.3 Å². The van der Waals surface area contributed by atoms with Crippen LogP contribution in [-0.2, 0) is 0 Å². The fourth-order valence-corrected chi connectivity index (χ4v) is 2.18. The van der Waals surface area contributed by atoms with Gasteiger partial charge in [-0.3, -0.25) is 0 Å². The number of nitrogens with one attached hydrogen (secondary N) is 2. The number of hydrogen-bond acceptors (Lipinski definition) is 5. The fraction of sp³-hybridized carbons (Fsp3) is 0.733. The molecule has 0 fully saturated rings. The first kappa shape index (κ1) is 16.7. The van der Waals surface area contributed by atoms with Crippen LogP contribution in [0.4, 0.5) is 11.6 Å². The first-order valence-electron chi connectivity index (χ1n) is 7.19. The lowest BCUT2D eigenvalue weighted by Crippen LogP contribution is -2.34. The number of hydrogen-bond donors (Lipinski definition) is 2. The minimum atomic E-state index is 0.187. The van der Waals surface area contributed by atoms with E-state index in [4.69, 9.17) is 0 Å². The van der Waals surface area contributed by atoms with E-state index in [-0.39, 0.29) is 5.41 Å². The minimum absolute atomic E-state index is 0.187. The molecule has 0 atom stereocenters. The second-order valence-electron chi connectivity index (χ2n) is 6.66. The Balaban J connectivity index is 2.79. The van der Waals surface area contributed by atoms with Gasteiger partial charge in [0, 0.05) is 32.1 Å². The van der Waals surface area contributed by atoms with E-state index in [1.807, 2.05) is 13.1 Å². The third-order valence-electron chi connectivity index (χ3n) is 3.01. The van der Waals surface area contributed by atoms with Crippen LogP contribution in [0.5, 0.6) is 0 Å². The van der Waals surface area contributed by atoms with Crippen molar-refractivity contribution in [3.05, 3.63) is 11.9 Å². The normalized spacial score (nSPS) is 12.1. The summed E-state index contributed by atoms with van der Waals surface area (Å²) in [7, 11) is 6.08. The monoisotopic (exact) mass is 279 g/mol. The zero-order chi connectivity index (χ0) is 15.3. The number of nitrogens with zero attached hydrogens (tertiary/aromatic N) is 3. The second kappa shape index (κ2) is 6.88. The van der Waals surface area contributed by atoms with Gasteiger partial charge in [-0.2, -0.15) is 0 Å². The predicted octanol–water partition coefficient (Wildman–Crippen LogP) is 2.64. The molecular weight excluding hydrogens is 250 g/mol. The van der Waals surface area contributed by atoms with Crippen molar-refractivity contribution >= 4 is 11.6 Å². The smallest absolute Gasteiger partial charge is 0.135 e. The first-order valence-corrected chi connectivity index (χ1v) is 7.19. The third kappa shape index (κ3) is 5.33. The predicted molar refractivity (Wildman–Crippen MR) is 86.5 cm³/mol. The van der Waals surface area contributed by atoms with E-state index in [9.17, 15) is 0 Å². The molecule has 0 aliphatic rings. The first-order chi connectivity index (χ1) is 9.23. The Kier molecular flexibility index (Phi) is 5.74. The van der Waals surface area contributed by atoms with Crippen LogP contribution < -0.4 is 10.6 Å². The van der Waals surface area contributed by atoms with E-state index in [1.165, 1.54) is 0 Å². The number of anilines is 2. The highest BCUT2D eigenvalue weighted by Gasteiger charge is 2.19. The van der Waals surface area contributed by atoms with E-state index >= 15 is 0 Å². The second-order valence-corrected chi connectivity index (χ2v) is 6.66. The lowest BCUT2D eigenvalue weighted by atomic mass is 9.93. The molecule has 0 amide bonds. The highest BCUT2D eigenvalue weighted by Crippen LogP contribution is 2.20. The molecule has 0 radical (unpaired) electrons. The molecule has 0 aliphatic carbocycles. The Labute approximate surface area is 123 Å². The van der Waals surface area contributed by atoms with Gasteiger partial charge in [0.1, 0.15) is 17.5 Å². The molecule has 2 N–H and O–H groups in total. The van der Waals surface area contributed by atoms with Gasteiger partial charge in [0.15, 0.2) is 0 Å². The van der Waals surface area contributed by atoms with Crippen molar-refractivity contribution < 1.29 is 0 Å². The van der Waals surface area contributed by atoms with Crippen molar-refractivity contribution in [3.63, 3.8) is 0 Å². The van der Waals surface area contributed by atoms with E-state index in [1.54, 1.807) is 0 Å². The van der Waals surface area contributed by atoms with Crippen LogP contribution in [0.1, 0.15) is 39.4 Å². The average Bonchev–Trinajstić information content (AvgIpc) is 2.34. The minimum Gasteiger partial charge on any atom is -0.373 e. The summed E-state index contributed by atoms with van der Waals surface area (Å²) in [5.74, 6) is 2.93. The SMILES string of the molecule is CNc1cc(NCC(C)(C)CN(C)C)nc(C(C)C)n1. The summed E-state index contributed by atoms with van der Waals surface area (Å²) in [5, 5.41) is 6.54. The van der Waals surface area contributed by atoms with Gasteiger partial charge >= 0.3 is 0 Å². The van der Waals surface area contributed by atoms with Gasteiger partial charge in [-0.1, -0.05) is 27.7 Å². The van der Waals surface area contributed by atoms with Gasteiger partial charge in [0.25, 0.3) is 0 Å². The van der Waals surface area contributed by atoms with Crippen molar-refractivity contribution in [1.29, 1.82) is 0 Å². The lowest BCUT2D eigenvalue weighted by Gasteiger charge is -2.28. The Morgan fingerprint density at radius 2 is 1.80 bits per heavy atom. The van der Waals surface area contributed by atoms with Gasteiger partial charge in [0.2, 0.25) is 0 Å². The molecule has 1 aromatic heterocycles. The Hall–Kier alpha value is -1.36. The molecule has 0 bridgehead atoms. The maximum absolute atomic E-state index is 4.59. The van der Waals surface area contributed by atoms with Gasteiger partial charge in [-0.05, 0) is 19.5 Å². The molecule has 0 saturated heterocycles. The topological polar surface area (TPSA) is 53.1 Å². The van der Waals surface area contributed by atoms with Gasteiger partial charge in [0.05, 0.1) is 0 Å². The van der Waals surface area contributed by atoms with Crippen molar-refractivity contribution in [2.24, 2.45) is 5.41 Å². The van der Waals surface area contributed by atoms with Crippen LogP contribution in [0.2, 0.25) is 0 Å². The third-order valence-corrected chi connectivity index (χ3v) is 3.01. The van der Waals surface area contributed by atoms with Crippen LogP contribution in [0.15, 0.2) is 6.07 Å². The van der Waals surface area contributed by atoms with Crippen LogP contribution in [-0.4, -0.2) is 49.1 Å². The molecule has 0 aliphatic heterocycles. The van der Waals surface area contributed by atoms with E-state index in [0.29, 0.717) is 5.92 Å². The number of aromatic nitrogens is 2. The summed E-state index contributed by atoms with van der Waals surface area (Å²) >= 11 is 0. The van der Waals surface area contributed by atoms with Crippen LogP contribution in [0.3, 0.4) is 0 Å². The summed E-state index contributed by atoms with van der Waals surface area (Å²) in [5.41, 5.74) is 0.187. The largest absolute Gasteiger partial charge is 0.373 e. The number of rotatable bonds is 7.